The Labute approximate surface area is 116 Å². The van der Waals surface area contributed by atoms with Crippen LogP contribution in [-0.2, 0) is 4.79 Å². The molecule has 2 rings (SSSR count). The number of β-amino-alcohol motifs (C(OH)–C–C–N with tert-alkyl or cyclic N) is 1. The molecule has 1 aromatic carbocycles. The number of carbonyl (C=O) groups is 1. The molecule has 1 aliphatic rings. The summed E-state index contributed by atoms with van der Waals surface area (Å²) in [6.45, 7) is 0.986. The monoisotopic (exact) mass is 285 g/mol. The molecule has 0 spiro atoms. The molecule has 1 N–H and O–H groups in total. The topological polar surface area (TPSA) is 40.5 Å². The number of rotatable bonds is 2. The first-order chi connectivity index (χ1) is 8.56. The van der Waals surface area contributed by atoms with Gasteiger partial charge in [-0.05, 0) is 36.3 Å². The van der Waals surface area contributed by atoms with Gasteiger partial charge in [0.2, 0.25) is 5.91 Å². The molecular weight excluding hydrogens is 273 g/mol. The standard InChI is InChI=1S/C13H13Cl2NO2/c14-10-2-3-12(15)9(7-10)1-4-13(18)16-6-5-11(17)8-16/h1-4,7,11,17H,5-6,8H2. The Morgan fingerprint density at radius 3 is 2.89 bits per heavy atom. The molecule has 18 heavy (non-hydrogen) atoms. The minimum Gasteiger partial charge on any atom is -0.391 e. The highest BCUT2D eigenvalue weighted by atomic mass is 35.5. The van der Waals surface area contributed by atoms with Gasteiger partial charge in [0.05, 0.1) is 6.10 Å². The van der Waals surface area contributed by atoms with E-state index in [1.54, 1.807) is 29.2 Å². The maximum Gasteiger partial charge on any atom is 0.246 e. The third kappa shape index (κ3) is 3.25. The second kappa shape index (κ2) is 5.74. The van der Waals surface area contributed by atoms with Gasteiger partial charge in [-0.15, -0.1) is 0 Å². The predicted octanol–water partition coefficient (Wildman–Crippen LogP) is 2.60. The van der Waals surface area contributed by atoms with Gasteiger partial charge < -0.3 is 10.0 Å². The van der Waals surface area contributed by atoms with Gasteiger partial charge in [0, 0.05) is 29.2 Å². The molecule has 5 heteroatoms. The predicted molar refractivity (Wildman–Crippen MR) is 72.7 cm³/mol. The van der Waals surface area contributed by atoms with Crippen molar-refractivity contribution in [1.29, 1.82) is 0 Å². The van der Waals surface area contributed by atoms with Crippen molar-refractivity contribution >= 4 is 35.2 Å². The van der Waals surface area contributed by atoms with E-state index in [1.807, 2.05) is 0 Å². The summed E-state index contributed by atoms with van der Waals surface area (Å²) in [5.41, 5.74) is 0.706. The van der Waals surface area contributed by atoms with Crippen LogP contribution in [0.5, 0.6) is 0 Å². The number of aliphatic hydroxyl groups excluding tert-OH is 1. The summed E-state index contributed by atoms with van der Waals surface area (Å²) in [5.74, 6) is -0.123. The van der Waals surface area contributed by atoms with E-state index in [9.17, 15) is 9.90 Å². The number of halogens is 2. The maximum absolute atomic E-state index is 11.8. The fourth-order valence-electron chi connectivity index (χ4n) is 1.85. The van der Waals surface area contributed by atoms with Crippen molar-refractivity contribution in [3.8, 4) is 0 Å². The smallest absolute Gasteiger partial charge is 0.246 e. The second-order valence-corrected chi connectivity index (χ2v) is 5.07. The van der Waals surface area contributed by atoms with Crippen molar-refractivity contribution in [3.05, 3.63) is 39.9 Å². The van der Waals surface area contributed by atoms with E-state index in [2.05, 4.69) is 0 Å². The van der Waals surface area contributed by atoms with E-state index < -0.39 is 6.10 Å². The zero-order valence-corrected chi connectivity index (χ0v) is 11.2. The largest absolute Gasteiger partial charge is 0.391 e. The Balaban J connectivity index is 2.06. The Kier molecular flexibility index (Phi) is 4.27. The van der Waals surface area contributed by atoms with Gasteiger partial charge in [-0.1, -0.05) is 23.2 Å². The van der Waals surface area contributed by atoms with Crippen LogP contribution in [-0.4, -0.2) is 35.1 Å². The van der Waals surface area contributed by atoms with Crippen LogP contribution in [0.25, 0.3) is 6.08 Å². The molecule has 1 unspecified atom stereocenters. The molecule has 1 saturated heterocycles. The molecule has 0 aromatic heterocycles. The van der Waals surface area contributed by atoms with Gasteiger partial charge in [-0.3, -0.25) is 4.79 Å². The Morgan fingerprint density at radius 2 is 2.22 bits per heavy atom. The quantitative estimate of drug-likeness (QED) is 0.849. The van der Waals surface area contributed by atoms with Crippen molar-refractivity contribution in [2.45, 2.75) is 12.5 Å². The number of hydrogen-bond donors (Lipinski definition) is 1. The van der Waals surface area contributed by atoms with Crippen LogP contribution in [0.2, 0.25) is 10.0 Å². The zero-order valence-electron chi connectivity index (χ0n) is 9.64. The van der Waals surface area contributed by atoms with Crippen LogP contribution in [0.4, 0.5) is 0 Å². The molecule has 1 atom stereocenters. The number of benzene rings is 1. The van der Waals surface area contributed by atoms with E-state index in [4.69, 9.17) is 23.2 Å². The van der Waals surface area contributed by atoms with Crippen molar-refractivity contribution in [2.24, 2.45) is 0 Å². The first kappa shape index (κ1) is 13.4. The van der Waals surface area contributed by atoms with E-state index in [0.717, 1.165) is 0 Å². The molecule has 0 bridgehead atoms. The van der Waals surface area contributed by atoms with Crippen LogP contribution in [0.3, 0.4) is 0 Å². The van der Waals surface area contributed by atoms with Crippen molar-refractivity contribution < 1.29 is 9.90 Å². The van der Waals surface area contributed by atoms with E-state index in [-0.39, 0.29) is 5.91 Å². The van der Waals surface area contributed by atoms with E-state index in [1.165, 1.54) is 6.08 Å². The molecule has 3 nitrogen and oxygen atoms in total. The highest BCUT2D eigenvalue weighted by Crippen LogP contribution is 2.22. The highest BCUT2D eigenvalue weighted by Gasteiger charge is 2.22. The highest BCUT2D eigenvalue weighted by molar-refractivity contribution is 6.34. The Morgan fingerprint density at radius 1 is 1.44 bits per heavy atom. The first-order valence-electron chi connectivity index (χ1n) is 5.66. The number of carbonyl (C=O) groups excluding carboxylic acids is 1. The van der Waals surface area contributed by atoms with Crippen LogP contribution < -0.4 is 0 Å². The SMILES string of the molecule is O=C(C=Cc1cc(Cl)ccc1Cl)N1CCC(O)C1. The first-order valence-corrected chi connectivity index (χ1v) is 6.42. The molecule has 96 valence electrons. The lowest BCUT2D eigenvalue weighted by Crippen LogP contribution is -2.27. The van der Waals surface area contributed by atoms with E-state index in [0.29, 0.717) is 35.1 Å². The third-order valence-electron chi connectivity index (χ3n) is 2.84. The molecule has 0 aliphatic carbocycles. The normalized spacial score (nSPS) is 19.7. The fourth-order valence-corrected chi connectivity index (χ4v) is 2.21. The van der Waals surface area contributed by atoms with Crippen molar-refractivity contribution in [3.63, 3.8) is 0 Å². The van der Waals surface area contributed by atoms with Crippen LogP contribution in [0.15, 0.2) is 24.3 Å². The van der Waals surface area contributed by atoms with Gasteiger partial charge >= 0.3 is 0 Å². The third-order valence-corrected chi connectivity index (χ3v) is 3.42. The van der Waals surface area contributed by atoms with Gasteiger partial charge in [-0.25, -0.2) is 0 Å². The van der Waals surface area contributed by atoms with Gasteiger partial charge in [0.1, 0.15) is 0 Å². The molecular formula is C13H13Cl2NO2. The fraction of sp³-hybridized carbons (Fsp3) is 0.308. The number of aliphatic hydroxyl groups is 1. The summed E-state index contributed by atoms with van der Waals surface area (Å²) in [6, 6.07) is 5.08. The lowest BCUT2D eigenvalue weighted by molar-refractivity contribution is -0.125. The Bertz CT molecular complexity index is 488. The van der Waals surface area contributed by atoms with Gasteiger partial charge in [0.25, 0.3) is 0 Å². The molecule has 1 aliphatic heterocycles. The summed E-state index contributed by atoms with van der Waals surface area (Å²) in [4.78, 5) is 13.4. The molecule has 0 radical (unpaired) electrons. The average Bonchev–Trinajstić information content (AvgIpc) is 2.77. The number of likely N-dealkylation sites (tertiary alicyclic amines) is 1. The average molecular weight is 286 g/mol. The number of nitrogens with zero attached hydrogens (tertiary/aromatic N) is 1. The lowest BCUT2D eigenvalue weighted by Gasteiger charge is -2.12. The summed E-state index contributed by atoms with van der Waals surface area (Å²) in [5, 5.41) is 10.5. The van der Waals surface area contributed by atoms with E-state index >= 15 is 0 Å². The molecule has 1 amide bonds. The van der Waals surface area contributed by atoms with Gasteiger partial charge in [0.15, 0.2) is 0 Å². The van der Waals surface area contributed by atoms with Crippen molar-refractivity contribution in [2.75, 3.05) is 13.1 Å². The van der Waals surface area contributed by atoms with Gasteiger partial charge in [-0.2, -0.15) is 0 Å². The molecule has 1 aromatic rings. The maximum atomic E-state index is 11.8. The van der Waals surface area contributed by atoms with Crippen LogP contribution in [0, 0.1) is 0 Å². The minimum atomic E-state index is -0.405. The zero-order chi connectivity index (χ0) is 13.1. The van der Waals surface area contributed by atoms with Crippen LogP contribution in [0.1, 0.15) is 12.0 Å². The Hall–Kier alpha value is -1.03. The summed E-state index contributed by atoms with van der Waals surface area (Å²) in [7, 11) is 0. The molecule has 1 fully saturated rings. The van der Waals surface area contributed by atoms with Crippen LogP contribution >= 0.6 is 23.2 Å². The summed E-state index contributed by atoms with van der Waals surface area (Å²) < 4.78 is 0. The number of amides is 1. The lowest BCUT2D eigenvalue weighted by atomic mass is 10.2. The summed E-state index contributed by atoms with van der Waals surface area (Å²) >= 11 is 11.8. The molecule has 0 saturated carbocycles. The van der Waals surface area contributed by atoms with Crippen molar-refractivity contribution in [1.82, 2.24) is 4.90 Å². The summed E-state index contributed by atoms with van der Waals surface area (Å²) in [6.07, 6.45) is 3.33. The number of hydrogen-bond acceptors (Lipinski definition) is 2. The second-order valence-electron chi connectivity index (χ2n) is 4.23. The minimum absolute atomic E-state index is 0.123. The molecule has 1 heterocycles.